The molecular formula is C20H31IN4O2. The van der Waals surface area contributed by atoms with Gasteiger partial charge in [0.25, 0.3) is 0 Å². The molecule has 27 heavy (non-hydrogen) atoms. The molecule has 0 bridgehead atoms. The van der Waals surface area contributed by atoms with Crippen LogP contribution in [-0.4, -0.2) is 30.1 Å². The van der Waals surface area contributed by atoms with Crippen molar-refractivity contribution in [3.63, 3.8) is 0 Å². The molecule has 0 aliphatic heterocycles. The Bertz CT molecular complexity index is 692. The van der Waals surface area contributed by atoms with Gasteiger partial charge in [-0.1, -0.05) is 12.1 Å². The summed E-state index contributed by atoms with van der Waals surface area (Å²) in [6, 6.07) is 8.23. The zero-order valence-electron chi connectivity index (χ0n) is 16.8. The molecule has 0 unspecified atom stereocenters. The lowest BCUT2D eigenvalue weighted by atomic mass is 10.1. The van der Waals surface area contributed by atoms with Crippen LogP contribution in [0.15, 0.2) is 33.7 Å². The van der Waals surface area contributed by atoms with Gasteiger partial charge in [0.1, 0.15) is 18.1 Å². The number of benzene rings is 1. The first-order chi connectivity index (χ1) is 12.5. The summed E-state index contributed by atoms with van der Waals surface area (Å²) in [6.45, 7) is 12.0. The van der Waals surface area contributed by atoms with Crippen molar-refractivity contribution in [2.24, 2.45) is 4.99 Å². The molecule has 6 nitrogen and oxygen atoms in total. The highest BCUT2D eigenvalue weighted by atomic mass is 127. The Morgan fingerprint density at radius 2 is 1.89 bits per heavy atom. The molecule has 1 aromatic carbocycles. The number of hydrogen-bond acceptors (Lipinski definition) is 4. The first-order valence-electron chi connectivity index (χ1n) is 9.18. The maximum absolute atomic E-state index is 5.67. The Morgan fingerprint density at radius 3 is 2.44 bits per heavy atom. The molecular weight excluding hydrogens is 455 g/mol. The highest BCUT2D eigenvalue weighted by molar-refractivity contribution is 14.0. The van der Waals surface area contributed by atoms with Crippen LogP contribution in [0.5, 0.6) is 5.75 Å². The molecule has 2 rings (SSSR count). The van der Waals surface area contributed by atoms with E-state index in [0.29, 0.717) is 12.4 Å². The van der Waals surface area contributed by atoms with E-state index in [-0.39, 0.29) is 30.1 Å². The number of ether oxygens (including phenoxy) is 1. The molecule has 2 N–H and O–H groups in total. The third-order valence-corrected chi connectivity index (χ3v) is 3.79. The second kappa shape index (κ2) is 11.8. The number of rotatable bonds is 8. The quantitative estimate of drug-likeness (QED) is 0.336. The van der Waals surface area contributed by atoms with Gasteiger partial charge in [-0.25, -0.2) is 9.98 Å². The van der Waals surface area contributed by atoms with Crippen LogP contribution in [0.4, 0.5) is 0 Å². The molecule has 7 heteroatoms. The molecule has 0 amide bonds. The smallest absolute Gasteiger partial charge is 0.216 e. The number of aliphatic imine (C=N–C) groups is 1. The van der Waals surface area contributed by atoms with Crippen LogP contribution in [-0.2, 0) is 13.0 Å². The summed E-state index contributed by atoms with van der Waals surface area (Å²) in [5, 5.41) is 6.59. The van der Waals surface area contributed by atoms with Crippen molar-refractivity contribution in [1.82, 2.24) is 15.6 Å². The van der Waals surface area contributed by atoms with E-state index in [1.807, 2.05) is 46.8 Å². The largest absolute Gasteiger partial charge is 0.491 e. The first-order valence-corrected chi connectivity index (χ1v) is 9.18. The second-order valence-electron chi connectivity index (χ2n) is 6.43. The molecule has 0 aliphatic carbocycles. The number of nitrogens with one attached hydrogen (secondary N) is 2. The van der Waals surface area contributed by atoms with Crippen LogP contribution in [0.3, 0.4) is 0 Å². The second-order valence-corrected chi connectivity index (χ2v) is 6.43. The molecule has 0 saturated carbocycles. The number of oxazole rings is 1. The number of nitrogens with zero attached hydrogens (tertiary/aromatic N) is 2. The van der Waals surface area contributed by atoms with E-state index in [1.54, 1.807) is 0 Å². The fourth-order valence-corrected chi connectivity index (χ4v) is 2.43. The Hall–Kier alpha value is -1.77. The van der Waals surface area contributed by atoms with Gasteiger partial charge >= 0.3 is 0 Å². The van der Waals surface area contributed by atoms with Gasteiger partial charge in [-0.3, -0.25) is 0 Å². The third-order valence-electron chi connectivity index (χ3n) is 3.79. The molecule has 0 fully saturated rings. The SMILES string of the molecule is CCNC(=NCc1nc(C)c(C)o1)NCCc1ccc(OC(C)C)cc1.I. The molecule has 1 aromatic heterocycles. The maximum atomic E-state index is 5.67. The summed E-state index contributed by atoms with van der Waals surface area (Å²) in [5.74, 6) is 3.15. The zero-order chi connectivity index (χ0) is 18.9. The van der Waals surface area contributed by atoms with Gasteiger partial charge in [0, 0.05) is 13.1 Å². The minimum absolute atomic E-state index is 0. The molecule has 1 heterocycles. The van der Waals surface area contributed by atoms with Crippen molar-refractivity contribution >= 4 is 29.9 Å². The van der Waals surface area contributed by atoms with Crippen LogP contribution in [0.25, 0.3) is 0 Å². The Kier molecular flexibility index (Phi) is 10.2. The van der Waals surface area contributed by atoms with E-state index in [2.05, 4.69) is 32.7 Å². The molecule has 0 atom stereocenters. The van der Waals surface area contributed by atoms with Crippen molar-refractivity contribution < 1.29 is 9.15 Å². The zero-order valence-corrected chi connectivity index (χ0v) is 19.2. The van der Waals surface area contributed by atoms with Crippen molar-refractivity contribution in [1.29, 1.82) is 0 Å². The van der Waals surface area contributed by atoms with Crippen molar-refractivity contribution in [2.75, 3.05) is 13.1 Å². The number of guanidine groups is 1. The average molecular weight is 486 g/mol. The highest BCUT2D eigenvalue weighted by Crippen LogP contribution is 2.14. The molecule has 0 spiro atoms. The van der Waals surface area contributed by atoms with E-state index in [0.717, 1.165) is 42.7 Å². The Labute approximate surface area is 179 Å². The van der Waals surface area contributed by atoms with Crippen molar-refractivity contribution in [3.8, 4) is 5.75 Å². The fourth-order valence-electron chi connectivity index (χ4n) is 2.43. The van der Waals surface area contributed by atoms with Gasteiger partial charge in [-0.2, -0.15) is 0 Å². The van der Waals surface area contributed by atoms with Gasteiger partial charge in [-0.15, -0.1) is 24.0 Å². The fraction of sp³-hybridized carbons (Fsp3) is 0.500. The lowest BCUT2D eigenvalue weighted by Gasteiger charge is -2.12. The Morgan fingerprint density at radius 1 is 1.19 bits per heavy atom. The number of aryl methyl sites for hydroxylation is 2. The van der Waals surface area contributed by atoms with E-state index in [4.69, 9.17) is 9.15 Å². The summed E-state index contributed by atoms with van der Waals surface area (Å²) in [6.07, 6.45) is 1.10. The molecule has 0 radical (unpaired) electrons. The van der Waals surface area contributed by atoms with Gasteiger partial charge in [-0.05, 0) is 58.7 Å². The van der Waals surface area contributed by atoms with Crippen LogP contribution < -0.4 is 15.4 Å². The van der Waals surface area contributed by atoms with E-state index < -0.39 is 0 Å². The third kappa shape index (κ3) is 8.19. The topological polar surface area (TPSA) is 71.7 Å². The summed E-state index contributed by atoms with van der Waals surface area (Å²) in [7, 11) is 0. The summed E-state index contributed by atoms with van der Waals surface area (Å²) in [4.78, 5) is 8.89. The van der Waals surface area contributed by atoms with Gasteiger partial charge in [0.15, 0.2) is 5.96 Å². The number of aromatic nitrogens is 1. The average Bonchev–Trinajstić information content (AvgIpc) is 2.92. The lowest BCUT2D eigenvalue weighted by Crippen LogP contribution is -2.38. The monoisotopic (exact) mass is 486 g/mol. The maximum Gasteiger partial charge on any atom is 0.216 e. The van der Waals surface area contributed by atoms with Crippen LogP contribution in [0, 0.1) is 13.8 Å². The first kappa shape index (κ1) is 23.3. The standard InChI is InChI=1S/C20H30N4O2.HI/c1-6-21-20(23-13-19-24-15(4)16(5)26-19)22-12-11-17-7-9-18(10-8-17)25-14(2)3;/h7-10,14H,6,11-13H2,1-5H3,(H2,21,22,23);1H. The predicted octanol–water partition coefficient (Wildman–Crippen LogP) is 3.99. The number of hydrogen-bond donors (Lipinski definition) is 2. The molecule has 2 aromatic rings. The minimum Gasteiger partial charge on any atom is -0.491 e. The van der Waals surface area contributed by atoms with E-state index in [1.165, 1.54) is 5.56 Å². The summed E-state index contributed by atoms with van der Waals surface area (Å²) >= 11 is 0. The lowest BCUT2D eigenvalue weighted by molar-refractivity contribution is 0.242. The van der Waals surface area contributed by atoms with Crippen LogP contribution >= 0.6 is 24.0 Å². The van der Waals surface area contributed by atoms with Crippen LogP contribution in [0.2, 0.25) is 0 Å². The number of halogens is 1. The minimum atomic E-state index is 0. The highest BCUT2D eigenvalue weighted by Gasteiger charge is 2.05. The van der Waals surface area contributed by atoms with E-state index >= 15 is 0 Å². The normalized spacial score (nSPS) is 11.3. The van der Waals surface area contributed by atoms with Crippen molar-refractivity contribution in [2.45, 2.75) is 53.7 Å². The summed E-state index contributed by atoms with van der Waals surface area (Å²) < 4.78 is 11.2. The van der Waals surface area contributed by atoms with Crippen molar-refractivity contribution in [3.05, 3.63) is 47.2 Å². The Balaban J connectivity index is 0.00000364. The van der Waals surface area contributed by atoms with Gasteiger partial charge < -0.3 is 19.8 Å². The van der Waals surface area contributed by atoms with Gasteiger partial charge in [0.05, 0.1) is 11.8 Å². The molecule has 0 saturated heterocycles. The van der Waals surface area contributed by atoms with Crippen LogP contribution in [0.1, 0.15) is 43.7 Å². The van der Waals surface area contributed by atoms with E-state index in [9.17, 15) is 0 Å². The molecule has 150 valence electrons. The molecule has 0 aliphatic rings. The summed E-state index contributed by atoms with van der Waals surface area (Å²) in [5.41, 5.74) is 2.17. The predicted molar refractivity (Wildman–Crippen MR) is 120 cm³/mol. The van der Waals surface area contributed by atoms with Gasteiger partial charge in [0.2, 0.25) is 5.89 Å².